The van der Waals surface area contributed by atoms with Crippen molar-refractivity contribution in [1.29, 1.82) is 0 Å². The van der Waals surface area contributed by atoms with Crippen LogP contribution in [0.3, 0.4) is 0 Å². The third-order valence-corrected chi connectivity index (χ3v) is 4.46. The molecule has 0 bridgehead atoms. The lowest BCUT2D eigenvalue weighted by Crippen LogP contribution is -2.41. The topological polar surface area (TPSA) is 81.4 Å². The van der Waals surface area contributed by atoms with Gasteiger partial charge in [-0.05, 0) is 36.4 Å². The summed E-state index contributed by atoms with van der Waals surface area (Å²) < 4.78 is 7.30. The van der Waals surface area contributed by atoms with E-state index in [-0.39, 0.29) is 13.1 Å². The Labute approximate surface area is 166 Å². The average molecular weight is 409 g/mol. The van der Waals surface area contributed by atoms with Gasteiger partial charge in [0.15, 0.2) is 0 Å². The monoisotopic (exact) mass is 408 g/mol. The largest absolute Gasteiger partial charge is 0.457 e. The number of benzene rings is 2. The van der Waals surface area contributed by atoms with Gasteiger partial charge in [-0.1, -0.05) is 29.3 Å². The van der Waals surface area contributed by atoms with E-state index < -0.39 is 5.60 Å². The highest BCUT2D eigenvalue weighted by Gasteiger charge is 2.33. The first kappa shape index (κ1) is 19.6. The van der Waals surface area contributed by atoms with E-state index in [4.69, 9.17) is 32.8 Å². The minimum absolute atomic E-state index is 0.0977. The number of nitrogens with zero attached hydrogens (tertiary/aromatic N) is 3. The summed E-state index contributed by atoms with van der Waals surface area (Å²) in [6, 6.07) is 12.1. The number of ether oxygens (including phenoxy) is 1. The molecule has 9 heteroatoms. The number of halogens is 2. The van der Waals surface area contributed by atoms with E-state index in [0.29, 0.717) is 27.1 Å². The van der Waals surface area contributed by atoms with Crippen molar-refractivity contribution in [2.24, 2.45) is 0 Å². The third-order valence-electron chi connectivity index (χ3n) is 3.89. The van der Waals surface area contributed by atoms with Gasteiger partial charge in [0.1, 0.15) is 29.8 Å². The number of aromatic nitrogens is 3. The van der Waals surface area contributed by atoms with Crippen LogP contribution in [0.25, 0.3) is 0 Å². The third kappa shape index (κ3) is 4.97. The molecule has 7 nitrogen and oxygen atoms in total. The van der Waals surface area contributed by atoms with E-state index in [9.17, 15) is 5.11 Å². The van der Waals surface area contributed by atoms with Crippen molar-refractivity contribution in [3.8, 4) is 11.5 Å². The van der Waals surface area contributed by atoms with Crippen LogP contribution in [0.1, 0.15) is 5.56 Å². The number of rotatable bonds is 8. The van der Waals surface area contributed by atoms with Gasteiger partial charge in [0.05, 0.1) is 25.2 Å². The molecule has 0 radical (unpaired) electrons. The lowest BCUT2D eigenvalue weighted by Gasteiger charge is -2.29. The van der Waals surface area contributed by atoms with Gasteiger partial charge < -0.3 is 14.7 Å². The Morgan fingerprint density at radius 2 is 1.89 bits per heavy atom. The highest BCUT2D eigenvalue weighted by molar-refractivity contribution is 6.31. The molecule has 27 heavy (non-hydrogen) atoms. The maximum Gasteiger partial charge on any atom is 0.137 e. The molecular formula is C18H18Cl2N4O3. The Bertz CT molecular complexity index is 875. The molecule has 1 unspecified atom stereocenters. The summed E-state index contributed by atoms with van der Waals surface area (Å²) in [6.07, 6.45) is 2.92. The van der Waals surface area contributed by atoms with Crippen LogP contribution in [-0.4, -0.2) is 33.5 Å². The number of nitrogens with one attached hydrogen (secondary N) is 1. The lowest BCUT2D eigenvalue weighted by atomic mass is 9.93. The Morgan fingerprint density at radius 1 is 1.15 bits per heavy atom. The van der Waals surface area contributed by atoms with Gasteiger partial charge in [-0.15, -0.1) is 0 Å². The predicted molar refractivity (Wildman–Crippen MR) is 102 cm³/mol. The summed E-state index contributed by atoms with van der Waals surface area (Å²) in [4.78, 5) is 8.79. The maximum atomic E-state index is 11.2. The minimum Gasteiger partial charge on any atom is -0.457 e. The molecule has 0 saturated carbocycles. The zero-order valence-electron chi connectivity index (χ0n) is 14.5. The predicted octanol–water partition coefficient (Wildman–Crippen LogP) is 3.42. The van der Waals surface area contributed by atoms with Crippen molar-refractivity contribution in [2.45, 2.75) is 12.1 Å². The average Bonchev–Trinajstić information content (AvgIpc) is 3.15. The van der Waals surface area contributed by atoms with Crippen LogP contribution in [0, 0.1) is 0 Å². The van der Waals surface area contributed by atoms with Gasteiger partial charge in [0, 0.05) is 10.6 Å². The van der Waals surface area contributed by atoms with Crippen molar-refractivity contribution in [1.82, 2.24) is 20.2 Å². The molecule has 2 N–H and O–H groups in total. The van der Waals surface area contributed by atoms with Gasteiger partial charge in [0.2, 0.25) is 0 Å². The second-order valence-electron chi connectivity index (χ2n) is 5.85. The van der Waals surface area contributed by atoms with Crippen LogP contribution >= 0.6 is 23.2 Å². The molecule has 3 rings (SSSR count). The van der Waals surface area contributed by atoms with Gasteiger partial charge >= 0.3 is 0 Å². The zero-order valence-corrected chi connectivity index (χ0v) is 16.0. The molecule has 2 aromatic carbocycles. The number of hydroxylamine groups is 1. The SMILES string of the molecule is CONCC(O)(Cn1cncn1)c1ccc(Oc2ccc(Cl)cc2)cc1Cl. The maximum absolute atomic E-state index is 11.2. The molecule has 142 valence electrons. The highest BCUT2D eigenvalue weighted by atomic mass is 35.5. The summed E-state index contributed by atoms with van der Waals surface area (Å²) in [5, 5.41) is 16.2. The van der Waals surface area contributed by atoms with Crippen LogP contribution in [0.4, 0.5) is 0 Å². The van der Waals surface area contributed by atoms with Crippen LogP contribution in [0.2, 0.25) is 10.0 Å². The Balaban J connectivity index is 1.85. The molecule has 1 atom stereocenters. The second-order valence-corrected chi connectivity index (χ2v) is 6.69. The van der Waals surface area contributed by atoms with E-state index in [0.717, 1.165) is 0 Å². The van der Waals surface area contributed by atoms with E-state index in [1.54, 1.807) is 42.5 Å². The van der Waals surface area contributed by atoms with Crippen molar-refractivity contribution < 1.29 is 14.7 Å². The van der Waals surface area contributed by atoms with Gasteiger partial charge in [-0.3, -0.25) is 0 Å². The highest BCUT2D eigenvalue weighted by Crippen LogP contribution is 2.34. The van der Waals surface area contributed by atoms with Crippen molar-refractivity contribution in [3.05, 3.63) is 70.7 Å². The van der Waals surface area contributed by atoms with Crippen LogP contribution in [-0.2, 0) is 17.0 Å². The quantitative estimate of drug-likeness (QED) is 0.555. The molecule has 0 aliphatic heterocycles. The fourth-order valence-electron chi connectivity index (χ4n) is 2.59. The van der Waals surface area contributed by atoms with E-state index in [1.165, 1.54) is 24.4 Å². The van der Waals surface area contributed by atoms with Crippen molar-refractivity contribution in [3.63, 3.8) is 0 Å². The molecule has 0 aliphatic rings. The Kier molecular flexibility index (Phi) is 6.30. The molecule has 0 spiro atoms. The Hall–Kier alpha value is -2.16. The molecule has 0 aliphatic carbocycles. The summed E-state index contributed by atoms with van der Waals surface area (Å²) in [5.74, 6) is 1.16. The summed E-state index contributed by atoms with van der Waals surface area (Å²) in [6.45, 7) is 0.237. The van der Waals surface area contributed by atoms with Crippen molar-refractivity contribution >= 4 is 23.2 Å². The molecule has 0 fully saturated rings. The minimum atomic E-state index is -1.38. The summed E-state index contributed by atoms with van der Waals surface area (Å²) in [7, 11) is 1.47. The zero-order chi connectivity index (χ0) is 19.3. The molecule has 1 heterocycles. The number of aliphatic hydroxyl groups is 1. The number of hydrogen-bond donors (Lipinski definition) is 2. The van der Waals surface area contributed by atoms with Crippen LogP contribution in [0.15, 0.2) is 55.1 Å². The fourth-order valence-corrected chi connectivity index (χ4v) is 3.06. The molecule has 0 saturated heterocycles. The van der Waals surface area contributed by atoms with E-state index in [1.807, 2.05) is 0 Å². The van der Waals surface area contributed by atoms with E-state index in [2.05, 4.69) is 15.6 Å². The van der Waals surface area contributed by atoms with E-state index >= 15 is 0 Å². The standard InChI is InChI=1S/C18H18Cl2N4O3/c1-26-23-9-18(25,10-24-12-21-11-22-24)16-7-6-15(8-17(16)20)27-14-4-2-13(19)3-5-14/h2-8,11-12,23,25H,9-10H2,1H3. The summed E-state index contributed by atoms with van der Waals surface area (Å²) >= 11 is 12.3. The lowest BCUT2D eigenvalue weighted by molar-refractivity contribution is -0.0313. The first-order valence-electron chi connectivity index (χ1n) is 8.04. The fraction of sp³-hybridized carbons (Fsp3) is 0.222. The van der Waals surface area contributed by atoms with Gasteiger partial charge in [0.25, 0.3) is 0 Å². The molecule has 1 aromatic heterocycles. The summed E-state index contributed by atoms with van der Waals surface area (Å²) in [5.41, 5.74) is 1.80. The smallest absolute Gasteiger partial charge is 0.137 e. The second kappa shape index (κ2) is 8.69. The van der Waals surface area contributed by atoms with Gasteiger partial charge in [-0.25, -0.2) is 9.67 Å². The Morgan fingerprint density at radius 3 is 2.52 bits per heavy atom. The van der Waals surface area contributed by atoms with Gasteiger partial charge in [-0.2, -0.15) is 10.6 Å². The first-order valence-corrected chi connectivity index (χ1v) is 8.80. The van der Waals surface area contributed by atoms with Crippen LogP contribution < -0.4 is 10.2 Å². The van der Waals surface area contributed by atoms with Crippen molar-refractivity contribution in [2.75, 3.05) is 13.7 Å². The molecule has 3 aromatic rings. The normalized spacial score (nSPS) is 13.3. The first-order chi connectivity index (χ1) is 13.0. The molecular weight excluding hydrogens is 391 g/mol. The van der Waals surface area contributed by atoms with Crippen LogP contribution in [0.5, 0.6) is 11.5 Å². The molecule has 0 amide bonds. The number of hydrogen-bond acceptors (Lipinski definition) is 6.